The Hall–Kier alpha value is -0.480. The molecule has 1 atom stereocenters. The number of nitrogens with one attached hydrogen (secondary N) is 1. The van der Waals surface area contributed by atoms with Crippen molar-refractivity contribution < 1.29 is 0 Å². The number of nitrogens with zero attached hydrogens (tertiary/aromatic N) is 2. The van der Waals surface area contributed by atoms with Crippen LogP contribution >= 0.6 is 11.8 Å². The van der Waals surface area contributed by atoms with Crippen molar-refractivity contribution in [3.05, 3.63) is 18.0 Å². The lowest BCUT2D eigenvalue weighted by molar-refractivity contribution is 0.575. The fourth-order valence-corrected chi connectivity index (χ4v) is 4.05. The molecule has 3 nitrogen and oxygen atoms in total. The molecule has 0 spiro atoms. The van der Waals surface area contributed by atoms with Crippen LogP contribution in [0.1, 0.15) is 57.6 Å². The molecule has 1 N–H and O–H groups in total. The van der Waals surface area contributed by atoms with Gasteiger partial charge in [0, 0.05) is 35.3 Å². The van der Waals surface area contributed by atoms with Crippen LogP contribution in [0, 0.1) is 0 Å². The molecule has 2 rings (SSSR count). The molecular weight excluding hydrogens is 254 g/mol. The largest absolute Gasteiger partial charge is 0.309 e. The average molecular weight is 281 g/mol. The lowest BCUT2D eigenvalue weighted by atomic mass is 10.2. The summed E-state index contributed by atoms with van der Waals surface area (Å²) in [5.74, 6) is 1.18. The van der Waals surface area contributed by atoms with Crippen LogP contribution in [-0.4, -0.2) is 27.3 Å². The second-order valence-electron chi connectivity index (χ2n) is 5.38. The predicted octanol–water partition coefficient (Wildman–Crippen LogP) is 3.62. The molecule has 1 heterocycles. The molecule has 19 heavy (non-hydrogen) atoms. The van der Waals surface area contributed by atoms with Crippen LogP contribution in [-0.2, 0) is 6.54 Å². The van der Waals surface area contributed by atoms with Crippen LogP contribution in [0.5, 0.6) is 0 Å². The Kier molecular flexibility index (Phi) is 6.24. The standard InChI is InChI=1S/C15H27N3S/c1-3-9-16-15(12-19-14-7-5-6-8-14)13-10-17-18(4-2)11-13/h10-11,14-16H,3-9,12H2,1-2H3. The third kappa shape index (κ3) is 4.53. The number of aryl methyl sites for hydroxylation is 1. The summed E-state index contributed by atoms with van der Waals surface area (Å²) in [6.07, 6.45) is 11.1. The first-order valence-electron chi connectivity index (χ1n) is 7.70. The maximum atomic E-state index is 4.41. The second-order valence-corrected chi connectivity index (χ2v) is 6.71. The Bertz CT molecular complexity index is 358. The van der Waals surface area contributed by atoms with Crippen LogP contribution in [0.25, 0.3) is 0 Å². The van der Waals surface area contributed by atoms with E-state index in [1.165, 1.54) is 43.4 Å². The van der Waals surface area contributed by atoms with Crippen LogP contribution in [0.3, 0.4) is 0 Å². The number of rotatable bonds is 8. The van der Waals surface area contributed by atoms with Gasteiger partial charge in [-0.25, -0.2) is 0 Å². The van der Waals surface area contributed by atoms with Crippen LogP contribution in [0.4, 0.5) is 0 Å². The normalized spacial score (nSPS) is 18.0. The number of hydrogen-bond donors (Lipinski definition) is 1. The van der Waals surface area contributed by atoms with E-state index in [9.17, 15) is 0 Å². The minimum Gasteiger partial charge on any atom is -0.309 e. The van der Waals surface area contributed by atoms with E-state index in [4.69, 9.17) is 0 Å². The van der Waals surface area contributed by atoms with E-state index in [1.807, 2.05) is 10.9 Å². The molecule has 1 fully saturated rings. The minimum absolute atomic E-state index is 0.464. The highest BCUT2D eigenvalue weighted by Gasteiger charge is 2.19. The fraction of sp³-hybridized carbons (Fsp3) is 0.800. The molecular formula is C15H27N3S. The molecule has 0 aliphatic heterocycles. The quantitative estimate of drug-likeness (QED) is 0.789. The number of hydrogen-bond acceptors (Lipinski definition) is 3. The molecule has 0 amide bonds. The fourth-order valence-electron chi connectivity index (χ4n) is 2.61. The maximum absolute atomic E-state index is 4.41. The van der Waals surface area contributed by atoms with E-state index >= 15 is 0 Å². The Morgan fingerprint density at radius 2 is 2.21 bits per heavy atom. The minimum atomic E-state index is 0.464. The highest BCUT2D eigenvalue weighted by Crippen LogP contribution is 2.32. The molecule has 108 valence electrons. The zero-order chi connectivity index (χ0) is 13.5. The van der Waals surface area contributed by atoms with Gasteiger partial charge in [-0.05, 0) is 32.7 Å². The molecule has 1 aliphatic carbocycles. The zero-order valence-corrected chi connectivity index (χ0v) is 13.1. The van der Waals surface area contributed by atoms with E-state index in [0.717, 1.165) is 18.3 Å². The molecule has 0 radical (unpaired) electrons. The SMILES string of the molecule is CCCNC(CSC1CCCC1)c1cnn(CC)c1. The summed E-state index contributed by atoms with van der Waals surface area (Å²) in [5.41, 5.74) is 1.35. The van der Waals surface area contributed by atoms with Gasteiger partial charge >= 0.3 is 0 Å². The Morgan fingerprint density at radius 3 is 2.84 bits per heavy atom. The molecule has 1 aliphatic rings. The van der Waals surface area contributed by atoms with Gasteiger partial charge in [0.2, 0.25) is 0 Å². The van der Waals surface area contributed by atoms with Crippen LogP contribution < -0.4 is 5.32 Å². The van der Waals surface area contributed by atoms with Gasteiger partial charge in [-0.15, -0.1) is 0 Å². The number of thioether (sulfide) groups is 1. The van der Waals surface area contributed by atoms with Gasteiger partial charge < -0.3 is 5.32 Å². The molecule has 0 saturated heterocycles. The van der Waals surface area contributed by atoms with E-state index < -0.39 is 0 Å². The second kappa shape index (κ2) is 7.95. The van der Waals surface area contributed by atoms with E-state index in [2.05, 4.69) is 42.2 Å². The zero-order valence-electron chi connectivity index (χ0n) is 12.3. The van der Waals surface area contributed by atoms with Gasteiger partial charge in [-0.1, -0.05) is 19.8 Å². The summed E-state index contributed by atoms with van der Waals surface area (Å²) in [5, 5.41) is 8.98. The Morgan fingerprint density at radius 1 is 1.42 bits per heavy atom. The monoisotopic (exact) mass is 281 g/mol. The van der Waals surface area contributed by atoms with Crippen molar-refractivity contribution in [1.29, 1.82) is 0 Å². The first kappa shape index (κ1) is 14.9. The highest BCUT2D eigenvalue weighted by atomic mass is 32.2. The molecule has 1 saturated carbocycles. The molecule has 0 aromatic carbocycles. The topological polar surface area (TPSA) is 29.9 Å². The lowest BCUT2D eigenvalue weighted by Gasteiger charge is -2.19. The summed E-state index contributed by atoms with van der Waals surface area (Å²) < 4.78 is 2.02. The predicted molar refractivity (Wildman–Crippen MR) is 83.6 cm³/mol. The van der Waals surface area contributed by atoms with E-state index in [-0.39, 0.29) is 0 Å². The molecule has 1 aromatic rings. The van der Waals surface area contributed by atoms with Crippen LogP contribution in [0.2, 0.25) is 0 Å². The Balaban J connectivity index is 1.89. The maximum Gasteiger partial charge on any atom is 0.0537 e. The van der Waals surface area contributed by atoms with Gasteiger partial charge in [0.15, 0.2) is 0 Å². The van der Waals surface area contributed by atoms with Gasteiger partial charge in [-0.3, -0.25) is 4.68 Å². The lowest BCUT2D eigenvalue weighted by Crippen LogP contribution is -2.24. The molecule has 1 aromatic heterocycles. The van der Waals surface area contributed by atoms with E-state index in [1.54, 1.807) is 0 Å². The van der Waals surface area contributed by atoms with Crippen molar-refractivity contribution in [3.8, 4) is 0 Å². The van der Waals surface area contributed by atoms with Crippen molar-refractivity contribution in [1.82, 2.24) is 15.1 Å². The van der Waals surface area contributed by atoms with Gasteiger partial charge in [0.25, 0.3) is 0 Å². The Labute approximate surface area is 121 Å². The summed E-state index contributed by atoms with van der Waals surface area (Å²) in [6, 6.07) is 0.464. The summed E-state index contributed by atoms with van der Waals surface area (Å²) in [7, 11) is 0. The van der Waals surface area contributed by atoms with Crippen LogP contribution in [0.15, 0.2) is 12.4 Å². The van der Waals surface area contributed by atoms with Gasteiger partial charge in [-0.2, -0.15) is 16.9 Å². The van der Waals surface area contributed by atoms with Crippen molar-refractivity contribution in [2.45, 2.75) is 63.8 Å². The first-order valence-corrected chi connectivity index (χ1v) is 8.75. The van der Waals surface area contributed by atoms with Crippen molar-refractivity contribution in [2.75, 3.05) is 12.3 Å². The van der Waals surface area contributed by atoms with Gasteiger partial charge in [0.1, 0.15) is 0 Å². The smallest absolute Gasteiger partial charge is 0.0537 e. The summed E-state index contributed by atoms with van der Waals surface area (Å²) >= 11 is 2.15. The third-order valence-electron chi connectivity index (χ3n) is 3.82. The first-order chi connectivity index (χ1) is 9.33. The number of aromatic nitrogens is 2. The average Bonchev–Trinajstić information content (AvgIpc) is 3.09. The molecule has 1 unspecified atom stereocenters. The highest BCUT2D eigenvalue weighted by molar-refractivity contribution is 7.99. The molecule has 4 heteroatoms. The summed E-state index contributed by atoms with van der Waals surface area (Å²) in [4.78, 5) is 0. The van der Waals surface area contributed by atoms with Crippen molar-refractivity contribution in [2.24, 2.45) is 0 Å². The van der Waals surface area contributed by atoms with Gasteiger partial charge in [0.05, 0.1) is 6.20 Å². The summed E-state index contributed by atoms with van der Waals surface area (Å²) in [6.45, 7) is 6.41. The third-order valence-corrected chi connectivity index (χ3v) is 5.29. The van der Waals surface area contributed by atoms with Crippen molar-refractivity contribution in [3.63, 3.8) is 0 Å². The van der Waals surface area contributed by atoms with E-state index in [0.29, 0.717) is 6.04 Å². The molecule has 0 bridgehead atoms. The van der Waals surface area contributed by atoms with Crippen molar-refractivity contribution >= 4 is 11.8 Å².